The Hall–Kier alpha value is -1.14. The quantitative estimate of drug-likeness (QED) is 0.473. The molecule has 2 aliphatic heterocycles. The van der Waals surface area contributed by atoms with E-state index in [-0.39, 0.29) is 5.78 Å². The first-order valence-electron chi connectivity index (χ1n) is 7.42. The summed E-state index contributed by atoms with van der Waals surface area (Å²) in [7, 11) is 1.58. The van der Waals surface area contributed by atoms with E-state index in [1.807, 2.05) is 0 Å². The van der Waals surface area contributed by atoms with Crippen LogP contribution in [0.25, 0.3) is 0 Å². The fraction of sp³-hybridized carbons (Fsp3) is 0.500. The number of piperidine rings is 1. The van der Waals surface area contributed by atoms with Crippen molar-refractivity contribution < 1.29 is 19.2 Å². The molecule has 0 aromatic heterocycles. The first-order chi connectivity index (χ1) is 11.0. The van der Waals surface area contributed by atoms with Gasteiger partial charge in [-0.25, -0.2) is 0 Å². The van der Waals surface area contributed by atoms with Crippen LogP contribution in [0.2, 0.25) is 0 Å². The van der Waals surface area contributed by atoms with Gasteiger partial charge in [0.2, 0.25) is 0 Å². The maximum Gasteiger partial charge on any atom is 0.322 e. The summed E-state index contributed by atoms with van der Waals surface area (Å²) in [6.07, 6.45) is 0.852. The predicted octanol–water partition coefficient (Wildman–Crippen LogP) is 2.77. The number of esters is 1. The molecular weight excluding hydrogens is 341 g/mol. The molecule has 1 unspecified atom stereocenters. The van der Waals surface area contributed by atoms with E-state index in [0.717, 1.165) is 0 Å². The van der Waals surface area contributed by atoms with Crippen LogP contribution in [0.15, 0.2) is 24.3 Å². The second-order valence-corrected chi connectivity index (χ2v) is 6.85. The summed E-state index contributed by atoms with van der Waals surface area (Å²) in [5.74, 6) is -1.69. The lowest BCUT2D eigenvalue weighted by Gasteiger charge is -2.35. The van der Waals surface area contributed by atoms with Crippen LogP contribution in [0.5, 0.6) is 0 Å². The second kappa shape index (κ2) is 6.40. The Labute approximate surface area is 144 Å². The van der Waals surface area contributed by atoms with Gasteiger partial charge in [-0.2, -0.15) is 5.06 Å². The van der Waals surface area contributed by atoms with Crippen molar-refractivity contribution in [3.63, 3.8) is 0 Å². The SMILES string of the molecule is CON1CCC2(CC1)OC(=O)C(c1ccccc1C(Cl)Cl)C2=O. The van der Waals surface area contributed by atoms with Crippen LogP contribution in [0.4, 0.5) is 0 Å². The number of hydrogen-bond donors (Lipinski definition) is 0. The molecule has 3 rings (SSSR count). The molecule has 23 heavy (non-hydrogen) atoms. The second-order valence-electron chi connectivity index (χ2n) is 5.75. The van der Waals surface area contributed by atoms with Gasteiger partial charge in [0.25, 0.3) is 0 Å². The van der Waals surface area contributed by atoms with Crippen molar-refractivity contribution in [2.24, 2.45) is 0 Å². The molecule has 2 fully saturated rings. The number of hydroxylamine groups is 2. The number of ether oxygens (including phenoxy) is 1. The molecule has 1 spiro atoms. The minimum atomic E-state index is -1.06. The highest BCUT2D eigenvalue weighted by atomic mass is 35.5. The Bertz CT molecular complexity index is 626. The smallest absolute Gasteiger partial charge is 0.322 e. The standard InChI is InChI=1S/C16H17Cl2NO4/c1-22-19-8-6-16(7-9-19)13(20)12(15(21)23-16)10-4-2-3-5-11(10)14(17)18/h2-5,12,14H,6-9H2,1H3. The van der Waals surface area contributed by atoms with Gasteiger partial charge in [-0.1, -0.05) is 24.3 Å². The molecule has 0 N–H and O–H groups in total. The van der Waals surface area contributed by atoms with Gasteiger partial charge < -0.3 is 9.57 Å². The number of nitrogens with zero attached hydrogens (tertiary/aromatic N) is 1. The Morgan fingerprint density at radius 3 is 2.52 bits per heavy atom. The maximum absolute atomic E-state index is 13.0. The summed E-state index contributed by atoms with van der Waals surface area (Å²) in [4.78, 5) is 29.7. The molecule has 2 heterocycles. The number of carbonyl (C=O) groups excluding carboxylic acids is 2. The van der Waals surface area contributed by atoms with Crippen molar-refractivity contribution in [1.29, 1.82) is 0 Å². The topological polar surface area (TPSA) is 55.8 Å². The van der Waals surface area contributed by atoms with E-state index in [1.54, 1.807) is 36.4 Å². The van der Waals surface area contributed by atoms with E-state index < -0.39 is 22.3 Å². The number of rotatable bonds is 3. The molecular formula is C16H17Cl2NO4. The molecule has 0 saturated carbocycles. The van der Waals surface area contributed by atoms with Crippen LogP contribution in [0.3, 0.4) is 0 Å². The summed E-state index contributed by atoms with van der Waals surface area (Å²) in [5, 5.41) is 1.75. The first-order valence-corrected chi connectivity index (χ1v) is 8.29. The van der Waals surface area contributed by atoms with E-state index >= 15 is 0 Å². The summed E-state index contributed by atoms with van der Waals surface area (Å²) in [5.41, 5.74) is 0.0407. The molecule has 2 saturated heterocycles. The van der Waals surface area contributed by atoms with Crippen LogP contribution in [-0.2, 0) is 19.2 Å². The van der Waals surface area contributed by atoms with Gasteiger partial charge in [-0.3, -0.25) is 9.59 Å². The maximum atomic E-state index is 13.0. The number of halogens is 2. The normalized spacial score (nSPS) is 24.4. The molecule has 2 aliphatic rings. The fourth-order valence-corrected chi connectivity index (χ4v) is 3.69. The zero-order valence-electron chi connectivity index (χ0n) is 12.6. The Morgan fingerprint density at radius 1 is 1.26 bits per heavy atom. The molecule has 0 bridgehead atoms. The number of alkyl halides is 2. The predicted molar refractivity (Wildman–Crippen MR) is 85.3 cm³/mol. The molecule has 1 aromatic rings. The number of hydrogen-bond acceptors (Lipinski definition) is 5. The van der Waals surface area contributed by atoms with Crippen LogP contribution in [-0.4, -0.2) is 42.6 Å². The lowest BCUT2D eigenvalue weighted by Crippen LogP contribution is -2.48. The Morgan fingerprint density at radius 2 is 1.91 bits per heavy atom. The van der Waals surface area contributed by atoms with Gasteiger partial charge in [0, 0.05) is 25.9 Å². The third-order valence-corrected chi connectivity index (χ3v) is 5.04. The molecule has 0 amide bonds. The van der Waals surface area contributed by atoms with Crippen molar-refractivity contribution in [1.82, 2.24) is 5.06 Å². The van der Waals surface area contributed by atoms with Gasteiger partial charge in [-0.15, -0.1) is 23.2 Å². The minimum absolute atomic E-state index is 0.209. The van der Waals surface area contributed by atoms with Gasteiger partial charge in [0.15, 0.2) is 11.4 Å². The van der Waals surface area contributed by atoms with Crippen molar-refractivity contribution in [3.8, 4) is 0 Å². The van der Waals surface area contributed by atoms with E-state index in [4.69, 9.17) is 32.8 Å². The average molecular weight is 358 g/mol. The zero-order valence-corrected chi connectivity index (χ0v) is 14.1. The summed E-state index contributed by atoms with van der Waals surface area (Å²) in [6, 6.07) is 6.96. The van der Waals surface area contributed by atoms with E-state index in [0.29, 0.717) is 37.1 Å². The Balaban J connectivity index is 1.91. The number of Topliss-reactive ketones (excluding diaryl/α,β-unsaturated/α-hetero) is 1. The van der Waals surface area contributed by atoms with Crippen molar-refractivity contribution in [2.45, 2.75) is 29.2 Å². The lowest BCUT2D eigenvalue weighted by molar-refractivity contribution is -0.184. The molecule has 1 atom stereocenters. The fourth-order valence-electron chi connectivity index (χ4n) is 3.29. The molecule has 124 valence electrons. The van der Waals surface area contributed by atoms with Crippen LogP contribution >= 0.6 is 23.2 Å². The number of carbonyl (C=O) groups is 2. The Kier molecular flexibility index (Phi) is 4.65. The lowest BCUT2D eigenvalue weighted by atomic mass is 9.81. The van der Waals surface area contributed by atoms with Gasteiger partial charge in [0.05, 0.1) is 7.11 Å². The monoisotopic (exact) mass is 357 g/mol. The first kappa shape index (κ1) is 16.7. The van der Waals surface area contributed by atoms with Crippen molar-refractivity contribution >= 4 is 35.0 Å². The van der Waals surface area contributed by atoms with Crippen LogP contribution < -0.4 is 0 Å². The third kappa shape index (κ3) is 2.87. The van der Waals surface area contributed by atoms with E-state index in [9.17, 15) is 9.59 Å². The number of benzene rings is 1. The van der Waals surface area contributed by atoms with Crippen LogP contribution in [0.1, 0.15) is 34.7 Å². The molecule has 0 radical (unpaired) electrons. The summed E-state index contributed by atoms with van der Waals surface area (Å²) in [6.45, 7) is 1.08. The van der Waals surface area contributed by atoms with Gasteiger partial charge in [-0.05, 0) is 11.1 Å². The van der Waals surface area contributed by atoms with Crippen molar-refractivity contribution in [3.05, 3.63) is 35.4 Å². The van der Waals surface area contributed by atoms with Gasteiger partial charge >= 0.3 is 5.97 Å². The van der Waals surface area contributed by atoms with Gasteiger partial charge in [0.1, 0.15) is 10.8 Å². The highest BCUT2D eigenvalue weighted by Gasteiger charge is 2.57. The molecule has 0 aliphatic carbocycles. The van der Waals surface area contributed by atoms with Crippen molar-refractivity contribution in [2.75, 3.05) is 20.2 Å². The number of ketones is 1. The largest absolute Gasteiger partial charge is 0.450 e. The highest BCUT2D eigenvalue weighted by molar-refractivity contribution is 6.44. The van der Waals surface area contributed by atoms with E-state index in [1.165, 1.54) is 0 Å². The molecule has 5 nitrogen and oxygen atoms in total. The van der Waals surface area contributed by atoms with E-state index in [2.05, 4.69) is 0 Å². The third-order valence-electron chi connectivity index (χ3n) is 4.57. The zero-order chi connectivity index (χ0) is 16.6. The highest BCUT2D eigenvalue weighted by Crippen LogP contribution is 2.43. The average Bonchev–Trinajstić information content (AvgIpc) is 2.78. The van der Waals surface area contributed by atoms with Crippen LogP contribution in [0, 0.1) is 0 Å². The summed E-state index contributed by atoms with van der Waals surface area (Å²) >= 11 is 12.0. The molecule has 1 aromatic carbocycles. The summed E-state index contributed by atoms with van der Waals surface area (Å²) < 4.78 is 5.54. The molecule has 7 heteroatoms. The minimum Gasteiger partial charge on any atom is -0.450 e.